The summed E-state index contributed by atoms with van der Waals surface area (Å²) in [6.07, 6.45) is 24.3. The fraction of sp³-hybridized carbons (Fsp3) is 0.655. The fourth-order valence-corrected chi connectivity index (χ4v) is 5.06. The molecule has 0 saturated heterocycles. The molecule has 0 spiro atoms. The second-order valence-corrected chi connectivity index (χ2v) is 9.82. The largest absolute Gasteiger partial charge is 0.241 e. The summed E-state index contributed by atoms with van der Waals surface area (Å²) in [7, 11) is 0. The summed E-state index contributed by atoms with van der Waals surface area (Å²) < 4.78 is 0. The Bertz CT molecular complexity index is 711. The Hall–Kier alpha value is -1.70. The van der Waals surface area contributed by atoms with Crippen molar-refractivity contribution in [1.29, 1.82) is 0 Å². The molecule has 0 atom stereocenters. The molecule has 0 aliphatic heterocycles. The zero-order chi connectivity index (χ0) is 21.7. The van der Waals surface area contributed by atoms with Gasteiger partial charge >= 0.3 is 0 Å². The van der Waals surface area contributed by atoms with Crippen LogP contribution in [-0.4, -0.2) is 9.97 Å². The van der Waals surface area contributed by atoms with Gasteiger partial charge in [0, 0.05) is 24.4 Å². The third-order valence-corrected chi connectivity index (χ3v) is 7.27. The van der Waals surface area contributed by atoms with Crippen molar-refractivity contribution < 1.29 is 0 Å². The van der Waals surface area contributed by atoms with E-state index in [-0.39, 0.29) is 0 Å². The highest BCUT2D eigenvalue weighted by Crippen LogP contribution is 2.34. The van der Waals surface area contributed by atoms with Crippen molar-refractivity contribution in [3.05, 3.63) is 48.0 Å². The van der Waals surface area contributed by atoms with Crippen molar-refractivity contribution in [2.75, 3.05) is 0 Å². The van der Waals surface area contributed by atoms with Crippen molar-refractivity contribution in [1.82, 2.24) is 9.97 Å². The molecule has 1 fully saturated rings. The number of aryl methyl sites for hydroxylation is 2. The molecule has 1 heterocycles. The minimum absolute atomic E-state index is 0.885. The lowest BCUT2D eigenvalue weighted by atomic mass is 9.78. The van der Waals surface area contributed by atoms with Gasteiger partial charge in [0.15, 0.2) is 0 Å². The van der Waals surface area contributed by atoms with Gasteiger partial charge in [-0.2, -0.15) is 0 Å². The van der Waals surface area contributed by atoms with Crippen LogP contribution >= 0.6 is 0 Å². The Morgan fingerprint density at radius 1 is 0.645 bits per heavy atom. The molecule has 31 heavy (non-hydrogen) atoms. The first-order valence-corrected chi connectivity index (χ1v) is 13.2. The van der Waals surface area contributed by atoms with Crippen molar-refractivity contribution >= 4 is 0 Å². The second kappa shape index (κ2) is 13.7. The van der Waals surface area contributed by atoms with Crippen molar-refractivity contribution in [2.45, 2.75) is 110 Å². The number of unbranched alkanes of at least 4 members (excludes halogenated alkanes) is 5. The number of hydrogen-bond acceptors (Lipinski definition) is 2. The summed E-state index contributed by atoms with van der Waals surface area (Å²) in [4.78, 5) is 9.36. The van der Waals surface area contributed by atoms with Gasteiger partial charge in [-0.25, -0.2) is 9.97 Å². The molecule has 0 bridgehead atoms. The molecule has 2 aromatic rings. The van der Waals surface area contributed by atoms with E-state index in [9.17, 15) is 0 Å². The summed E-state index contributed by atoms with van der Waals surface area (Å²) >= 11 is 0. The summed E-state index contributed by atoms with van der Waals surface area (Å²) in [5, 5.41) is 0. The second-order valence-electron chi connectivity index (χ2n) is 9.82. The quantitative estimate of drug-likeness (QED) is 0.303. The first-order chi connectivity index (χ1) is 15.3. The molecule has 1 saturated carbocycles. The highest BCUT2D eigenvalue weighted by atomic mass is 14.9. The normalized spacial score (nSPS) is 18.9. The Balaban J connectivity index is 1.36. The predicted octanol–water partition coefficient (Wildman–Crippen LogP) is 8.59. The van der Waals surface area contributed by atoms with Crippen LogP contribution in [0.15, 0.2) is 36.7 Å². The molecule has 170 valence electrons. The van der Waals surface area contributed by atoms with Crippen LogP contribution in [0, 0.1) is 11.8 Å². The molecule has 3 rings (SSSR count). The lowest BCUT2D eigenvalue weighted by Gasteiger charge is -2.28. The van der Waals surface area contributed by atoms with Crippen molar-refractivity contribution in [3.8, 4) is 11.1 Å². The molecule has 2 heteroatoms. The molecule has 0 unspecified atom stereocenters. The number of benzene rings is 1. The maximum atomic E-state index is 4.68. The van der Waals surface area contributed by atoms with Gasteiger partial charge in [0.2, 0.25) is 0 Å². The van der Waals surface area contributed by atoms with E-state index in [4.69, 9.17) is 0 Å². The van der Waals surface area contributed by atoms with Gasteiger partial charge in [0.05, 0.1) is 0 Å². The molecule has 0 amide bonds. The van der Waals surface area contributed by atoms with E-state index in [1.165, 1.54) is 101 Å². The Morgan fingerprint density at radius 3 is 1.90 bits per heavy atom. The minimum atomic E-state index is 0.885. The van der Waals surface area contributed by atoms with Gasteiger partial charge in [-0.3, -0.25) is 0 Å². The van der Waals surface area contributed by atoms with E-state index in [2.05, 4.69) is 48.1 Å². The molecule has 1 aliphatic carbocycles. The van der Waals surface area contributed by atoms with Crippen molar-refractivity contribution in [3.63, 3.8) is 0 Å². The van der Waals surface area contributed by atoms with E-state index in [1.54, 1.807) is 0 Å². The van der Waals surface area contributed by atoms with Gasteiger partial charge in [-0.05, 0) is 42.2 Å². The highest BCUT2D eigenvalue weighted by Gasteiger charge is 2.21. The van der Waals surface area contributed by atoms with Crippen LogP contribution in [0.4, 0.5) is 0 Å². The molecule has 0 N–H and O–H groups in total. The van der Waals surface area contributed by atoms with E-state index in [1.807, 2.05) is 12.4 Å². The molecule has 1 aromatic heterocycles. The lowest BCUT2D eigenvalue weighted by Crippen LogP contribution is -2.15. The van der Waals surface area contributed by atoms with Crippen LogP contribution in [0.1, 0.15) is 109 Å². The van der Waals surface area contributed by atoms with Crippen LogP contribution in [0.2, 0.25) is 0 Å². The third kappa shape index (κ3) is 8.39. The molecule has 0 radical (unpaired) electrons. The van der Waals surface area contributed by atoms with E-state index >= 15 is 0 Å². The number of aromatic nitrogens is 2. The first kappa shape index (κ1) is 24.0. The number of hydrogen-bond donors (Lipinski definition) is 0. The predicted molar refractivity (Wildman–Crippen MR) is 133 cm³/mol. The summed E-state index contributed by atoms with van der Waals surface area (Å²) in [5.74, 6) is 2.90. The molecule has 1 aliphatic rings. The lowest BCUT2D eigenvalue weighted by molar-refractivity contribution is 0.248. The Labute approximate surface area is 191 Å². The Morgan fingerprint density at radius 2 is 1.26 bits per heavy atom. The average molecular weight is 421 g/mol. The van der Waals surface area contributed by atoms with Crippen molar-refractivity contribution in [2.24, 2.45) is 11.8 Å². The van der Waals surface area contributed by atoms with Crippen LogP contribution in [0.3, 0.4) is 0 Å². The van der Waals surface area contributed by atoms with Gasteiger partial charge in [0.25, 0.3) is 0 Å². The van der Waals surface area contributed by atoms with E-state index < -0.39 is 0 Å². The van der Waals surface area contributed by atoms with Gasteiger partial charge in [-0.15, -0.1) is 0 Å². The summed E-state index contributed by atoms with van der Waals surface area (Å²) in [6, 6.07) is 8.93. The maximum Gasteiger partial charge on any atom is 0.128 e. The number of rotatable bonds is 13. The van der Waals surface area contributed by atoms with E-state index in [0.29, 0.717) is 0 Å². The molecular formula is C29H44N2. The first-order valence-electron chi connectivity index (χ1n) is 13.2. The fourth-order valence-electron chi connectivity index (χ4n) is 5.06. The zero-order valence-corrected chi connectivity index (χ0v) is 20.1. The van der Waals surface area contributed by atoms with E-state index in [0.717, 1.165) is 29.6 Å². The van der Waals surface area contributed by atoms with Crippen LogP contribution in [0.25, 0.3) is 11.1 Å². The molecule has 1 aromatic carbocycles. The molecular weight excluding hydrogens is 376 g/mol. The third-order valence-electron chi connectivity index (χ3n) is 7.27. The topological polar surface area (TPSA) is 25.8 Å². The minimum Gasteiger partial charge on any atom is -0.241 e. The van der Waals surface area contributed by atoms with Gasteiger partial charge < -0.3 is 0 Å². The standard InChI is InChI=1S/C29H44N2/c1-3-5-7-8-9-11-25-12-14-26(15-13-25)18-21-29-30-22-28(23-31-29)27-19-16-24(17-20-27)10-6-4-2/h16-17,19-20,22-23,25-26H,3-15,18,21H2,1-2H3. The highest BCUT2D eigenvalue weighted by molar-refractivity contribution is 5.61. The average Bonchev–Trinajstić information content (AvgIpc) is 2.83. The SMILES string of the molecule is CCCCCCCC1CCC(CCc2ncc(-c3ccc(CCCC)cc3)cn2)CC1. The van der Waals surface area contributed by atoms with Crippen LogP contribution in [0.5, 0.6) is 0 Å². The van der Waals surface area contributed by atoms with Gasteiger partial charge in [-0.1, -0.05) is 109 Å². The zero-order valence-electron chi connectivity index (χ0n) is 20.1. The summed E-state index contributed by atoms with van der Waals surface area (Å²) in [5.41, 5.74) is 3.78. The Kier molecular flexibility index (Phi) is 10.6. The monoisotopic (exact) mass is 420 g/mol. The van der Waals surface area contributed by atoms with Crippen LogP contribution < -0.4 is 0 Å². The molecule has 2 nitrogen and oxygen atoms in total. The summed E-state index contributed by atoms with van der Waals surface area (Å²) in [6.45, 7) is 4.54. The van der Waals surface area contributed by atoms with Crippen LogP contribution in [-0.2, 0) is 12.8 Å². The smallest absolute Gasteiger partial charge is 0.128 e. The maximum absolute atomic E-state index is 4.68. The number of nitrogens with zero attached hydrogens (tertiary/aromatic N) is 2. The van der Waals surface area contributed by atoms with Gasteiger partial charge in [0.1, 0.15) is 5.82 Å².